The number of amides is 1. The molecule has 0 unspecified atom stereocenters. The summed E-state index contributed by atoms with van der Waals surface area (Å²) in [6.45, 7) is 4.52. The fourth-order valence-corrected chi connectivity index (χ4v) is 3.68. The summed E-state index contributed by atoms with van der Waals surface area (Å²) in [4.78, 5) is 25.1. The fraction of sp³-hybridized carbons (Fsp3) is 0.471. The molecule has 7 nitrogen and oxygen atoms in total. The summed E-state index contributed by atoms with van der Waals surface area (Å²) in [6, 6.07) is 3.87. The summed E-state index contributed by atoms with van der Waals surface area (Å²) < 4.78 is 34.7. The molecular formula is C17H21BrF2N4O3S. The molecule has 2 aromatic heterocycles. The highest BCUT2D eigenvalue weighted by Gasteiger charge is 2.18. The van der Waals surface area contributed by atoms with Gasteiger partial charge in [-0.3, -0.25) is 4.57 Å². The van der Waals surface area contributed by atoms with Gasteiger partial charge in [-0.2, -0.15) is 13.9 Å². The predicted octanol–water partition coefficient (Wildman–Crippen LogP) is 3.79. The lowest BCUT2D eigenvalue weighted by Crippen LogP contribution is -2.35. The topological polar surface area (TPSA) is 78.2 Å². The quantitative estimate of drug-likeness (QED) is 0.656. The lowest BCUT2D eigenvalue weighted by Gasteiger charge is -2.19. The van der Waals surface area contributed by atoms with Crippen LogP contribution in [0.15, 0.2) is 38.7 Å². The number of aromatic nitrogens is 3. The molecule has 0 atom stereocenters. The van der Waals surface area contributed by atoms with Crippen molar-refractivity contribution in [2.24, 2.45) is 0 Å². The summed E-state index contributed by atoms with van der Waals surface area (Å²) in [6.07, 6.45) is -0.838. The van der Waals surface area contributed by atoms with E-state index in [1.54, 1.807) is 32.1 Å². The van der Waals surface area contributed by atoms with E-state index >= 15 is 0 Å². The van der Waals surface area contributed by atoms with Gasteiger partial charge in [-0.25, -0.2) is 14.3 Å². The van der Waals surface area contributed by atoms with Gasteiger partial charge < -0.3 is 10.1 Å². The summed E-state index contributed by atoms with van der Waals surface area (Å²) in [5, 5.41) is 6.16. The number of halogens is 3. The monoisotopic (exact) mass is 478 g/mol. The van der Waals surface area contributed by atoms with Gasteiger partial charge in [0.05, 0.1) is 10.3 Å². The maximum absolute atomic E-state index is 13.2. The Kier molecular flexibility index (Phi) is 7.53. The number of hydrogen-bond acceptors (Lipinski definition) is 5. The van der Waals surface area contributed by atoms with Gasteiger partial charge in [0.2, 0.25) is 0 Å². The van der Waals surface area contributed by atoms with Crippen LogP contribution < -0.4 is 11.0 Å². The Morgan fingerprint density at radius 3 is 2.64 bits per heavy atom. The molecule has 11 heteroatoms. The number of ether oxygens (including phenoxy) is 1. The van der Waals surface area contributed by atoms with Gasteiger partial charge in [0.1, 0.15) is 11.9 Å². The van der Waals surface area contributed by atoms with Crippen LogP contribution in [0.5, 0.6) is 0 Å². The number of thiophene rings is 1. The SMILES string of the molecule is CC(C)(C)OC(=O)NCC(Cn1ncn(CCc2ccc(Br)s2)c1=O)=C(F)F. The van der Waals surface area contributed by atoms with Gasteiger partial charge in [0.25, 0.3) is 6.08 Å². The van der Waals surface area contributed by atoms with Gasteiger partial charge >= 0.3 is 11.8 Å². The van der Waals surface area contributed by atoms with Crippen molar-refractivity contribution in [3.05, 3.63) is 49.3 Å². The van der Waals surface area contributed by atoms with Crippen molar-refractivity contribution < 1.29 is 18.3 Å². The molecule has 2 heterocycles. The molecule has 2 aromatic rings. The number of nitrogens with one attached hydrogen (secondary N) is 1. The van der Waals surface area contributed by atoms with Gasteiger partial charge in [-0.15, -0.1) is 11.3 Å². The van der Waals surface area contributed by atoms with E-state index in [1.807, 2.05) is 12.1 Å². The zero-order valence-corrected chi connectivity index (χ0v) is 18.1. The molecule has 0 bridgehead atoms. The van der Waals surface area contributed by atoms with Crippen LogP contribution in [0.3, 0.4) is 0 Å². The minimum atomic E-state index is -1.97. The van der Waals surface area contributed by atoms with Crippen LogP contribution in [0.4, 0.5) is 13.6 Å². The minimum absolute atomic E-state index is 0.388. The molecule has 0 fully saturated rings. The number of rotatable bonds is 7. The number of nitrogens with zero attached hydrogens (tertiary/aromatic N) is 3. The van der Waals surface area contributed by atoms with Crippen molar-refractivity contribution >= 4 is 33.4 Å². The lowest BCUT2D eigenvalue weighted by atomic mass is 10.2. The highest BCUT2D eigenvalue weighted by atomic mass is 79.9. The first-order valence-electron chi connectivity index (χ1n) is 8.41. The van der Waals surface area contributed by atoms with Crippen molar-refractivity contribution in [3.8, 4) is 0 Å². The van der Waals surface area contributed by atoms with Crippen LogP contribution in [0.25, 0.3) is 0 Å². The largest absolute Gasteiger partial charge is 0.444 e. The molecule has 0 radical (unpaired) electrons. The van der Waals surface area contributed by atoms with Crippen molar-refractivity contribution in [3.63, 3.8) is 0 Å². The van der Waals surface area contributed by atoms with E-state index in [0.29, 0.717) is 13.0 Å². The van der Waals surface area contributed by atoms with Crippen molar-refractivity contribution in [2.45, 2.75) is 45.9 Å². The molecular weight excluding hydrogens is 458 g/mol. The van der Waals surface area contributed by atoms with Crippen molar-refractivity contribution in [1.82, 2.24) is 19.7 Å². The van der Waals surface area contributed by atoms with Crippen LogP contribution in [0.2, 0.25) is 0 Å². The molecule has 0 aliphatic carbocycles. The second-order valence-corrected chi connectivity index (χ2v) is 9.49. The molecule has 0 spiro atoms. The van der Waals surface area contributed by atoms with E-state index in [0.717, 1.165) is 13.3 Å². The van der Waals surface area contributed by atoms with Crippen LogP contribution in [-0.2, 0) is 24.2 Å². The molecule has 0 aromatic carbocycles. The number of aryl methyl sites for hydroxylation is 2. The molecule has 1 N–H and O–H groups in total. The first kappa shape index (κ1) is 22.3. The molecule has 0 saturated carbocycles. The summed E-state index contributed by atoms with van der Waals surface area (Å²) in [5.74, 6) is 0. The van der Waals surface area contributed by atoms with E-state index in [-0.39, 0.29) is 0 Å². The maximum Gasteiger partial charge on any atom is 0.407 e. The standard InChI is InChI=1S/C17H21BrF2N4O3S/c1-17(2,3)27-15(25)21-8-11(14(19)20)9-24-16(26)23(10-22-24)7-6-12-4-5-13(18)28-12/h4-5,10H,6-9H2,1-3H3,(H,21,25). The third-order valence-corrected chi connectivity index (χ3v) is 5.16. The third kappa shape index (κ3) is 6.86. The Morgan fingerprint density at radius 2 is 2.07 bits per heavy atom. The predicted molar refractivity (Wildman–Crippen MR) is 106 cm³/mol. The molecule has 0 aliphatic rings. The van der Waals surface area contributed by atoms with Crippen molar-refractivity contribution in [1.29, 1.82) is 0 Å². The smallest absolute Gasteiger partial charge is 0.407 e. The van der Waals surface area contributed by atoms with Crippen molar-refractivity contribution in [2.75, 3.05) is 6.54 Å². The van der Waals surface area contributed by atoms with Gasteiger partial charge in [0, 0.05) is 23.5 Å². The average molecular weight is 479 g/mol. The highest BCUT2D eigenvalue weighted by molar-refractivity contribution is 9.11. The molecule has 28 heavy (non-hydrogen) atoms. The third-order valence-electron chi connectivity index (χ3n) is 3.48. The molecule has 154 valence electrons. The second-order valence-electron chi connectivity index (χ2n) is 6.94. The number of alkyl carbamates (subject to hydrolysis) is 1. The van der Waals surface area contributed by atoms with E-state index < -0.39 is 42.1 Å². The number of carbonyl (C=O) groups is 1. The van der Waals surface area contributed by atoms with Crippen LogP contribution in [0.1, 0.15) is 25.6 Å². The first-order valence-corrected chi connectivity index (χ1v) is 10.0. The zero-order valence-electron chi connectivity index (χ0n) is 15.7. The summed E-state index contributed by atoms with van der Waals surface area (Å²) in [7, 11) is 0. The fourth-order valence-electron chi connectivity index (χ4n) is 2.21. The second kappa shape index (κ2) is 9.46. The Labute approximate surface area is 173 Å². The lowest BCUT2D eigenvalue weighted by molar-refractivity contribution is 0.0531. The summed E-state index contributed by atoms with van der Waals surface area (Å²) in [5.41, 5.74) is -1.65. The Bertz CT molecular complexity index is 910. The molecule has 0 aliphatic heterocycles. The highest BCUT2D eigenvalue weighted by Crippen LogP contribution is 2.22. The van der Waals surface area contributed by atoms with Crippen LogP contribution >= 0.6 is 27.3 Å². The van der Waals surface area contributed by atoms with Crippen LogP contribution in [0, 0.1) is 0 Å². The van der Waals surface area contributed by atoms with Gasteiger partial charge in [-0.05, 0) is 55.3 Å². The van der Waals surface area contributed by atoms with E-state index in [4.69, 9.17) is 4.74 Å². The number of hydrogen-bond donors (Lipinski definition) is 1. The molecule has 1 amide bonds. The normalized spacial score (nSPS) is 11.4. The van der Waals surface area contributed by atoms with E-state index in [2.05, 4.69) is 26.3 Å². The number of carbonyl (C=O) groups excluding carboxylic acids is 1. The minimum Gasteiger partial charge on any atom is -0.444 e. The Hall–Kier alpha value is -2.01. The Balaban J connectivity index is 1.98. The first-order chi connectivity index (χ1) is 13.0. The average Bonchev–Trinajstić information content (AvgIpc) is 3.13. The Morgan fingerprint density at radius 1 is 1.36 bits per heavy atom. The van der Waals surface area contributed by atoms with Gasteiger partial charge in [-0.1, -0.05) is 0 Å². The van der Waals surface area contributed by atoms with E-state index in [9.17, 15) is 18.4 Å². The maximum atomic E-state index is 13.2. The van der Waals surface area contributed by atoms with Gasteiger partial charge in [0.15, 0.2) is 0 Å². The summed E-state index contributed by atoms with van der Waals surface area (Å²) >= 11 is 4.94. The molecule has 0 saturated heterocycles. The molecule has 2 rings (SSSR count). The van der Waals surface area contributed by atoms with E-state index in [1.165, 1.54) is 10.9 Å². The zero-order chi connectivity index (χ0) is 20.9. The van der Waals surface area contributed by atoms with Crippen LogP contribution in [-0.4, -0.2) is 32.6 Å².